The maximum absolute atomic E-state index is 13.0. The quantitative estimate of drug-likeness (QED) is 0.649. The Balaban J connectivity index is 1.84. The van der Waals surface area contributed by atoms with Gasteiger partial charge in [-0.1, -0.05) is 12.1 Å². The number of hydrogen-bond acceptors (Lipinski definition) is 5. The molecule has 3 N–H and O–H groups in total. The number of fused-ring (bicyclic) bond motifs is 1. The molecule has 10 heteroatoms. The number of nitrogens with zero attached hydrogens (tertiary/aromatic N) is 3. The number of benzene rings is 1. The lowest BCUT2D eigenvalue weighted by molar-refractivity contribution is -0.129. The number of nitrogens with one attached hydrogen (secondary N) is 3. The van der Waals surface area contributed by atoms with Gasteiger partial charge in [0.2, 0.25) is 5.91 Å². The fraction of sp³-hybridized carbons (Fsp3) is 0.350. The molecule has 1 aliphatic rings. The van der Waals surface area contributed by atoms with Gasteiger partial charge < -0.3 is 15.5 Å². The van der Waals surface area contributed by atoms with E-state index in [9.17, 15) is 18.0 Å². The van der Waals surface area contributed by atoms with E-state index in [4.69, 9.17) is 5.41 Å². The van der Waals surface area contributed by atoms with Crippen LogP contribution in [0.4, 0.5) is 24.7 Å². The molecular weight excluding hydrogens is 397 g/mol. The van der Waals surface area contributed by atoms with Crippen LogP contribution in [0.5, 0.6) is 0 Å². The highest BCUT2D eigenvalue weighted by atomic mass is 19.4. The molecule has 7 nitrogen and oxygen atoms in total. The number of halogens is 3. The van der Waals surface area contributed by atoms with E-state index in [0.29, 0.717) is 31.0 Å². The molecule has 0 saturated carbocycles. The van der Waals surface area contributed by atoms with Crippen LogP contribution in [0.1, 0.15) is 23.7 Å². The zero-order valence-electron chi connectivity index (χ0n) is 16.9. The summed E-state index contributed by atoms with van der Waals surface area (Å²) in [4.78, 5) is 13.5. The second kappa shape index (κ2) is 8.21. The van der Waals surface area contributed by atoms with Gasteiger partial charge in [0.15, 0.2) is 5.82 Å². The molecule has 0 fully saturated rings. The van der Waals surface area contributed by atoms with Crippen molar-refractivity contribution < 1.29 is 18.0 Å². The lowest BCUT2D eigenvalue weighted by atomic mass is 10.0. The molecule has 1 amide bonds. The summed E-state index contributed by atoms with van der Waals surface area (Å²) in [7, 11) is 3.32. The third kappa shape index (κ3) is 4.32. The Kier molecular flexibility index (Phi) is 5.86. The van der Waals surface area contributed by atoms with E-state index in [0.717, 1.165) is 17.5 Å². The van der Waals surface area contributed by atoms with Gasteiger partial charge in [0.05, 0.1) is 6.54 Å². The summed E-state index contributed by atoms with van der Waals surface area (Å²) < 4.78 is 40.7. The predicted molar refractivity (Wildman–Crippen MR) is 109 cm³/mol. The zero-order chi connectivity index (χ0) is 22.1. The van der Waals surface area contributed by atoms with Crippen molar-refractivity contribution in [3.63, 3.8) is 0 Å². The number of aromatic nitrogens is 2. The topological polar surface area (TPSA) is 86.0 Å². The summed E-state index contributed by atoms with van der Waals surface area (Å²) in [5.41, 5.74) is 1.22. The Morgan fingerprint density at radius 3 is 2.50 bits per heavy atom. The van der Waals surface area contributed by atoms with Crippen molar-refractivity contribution in [3.05, 3.63) is 47.3 Å². The minimum absolute atomic E-state index is 0.00392. The number of carbonyl (C=O) groups is 1. The molecule has 160 valence electrons. The molecule has 2 heterocycles. The normalized spacial score (nSPS) is 14.3. The third-order valence-electron chi connectivity index (χ3n) is 4.99. The summed E-state index contributed by atoms with van der Waals surface area (Å²) in [6.45, 7) is 2.63. The van der Waals surface area contributed by atoms with Crippen molar-refractivity contribution in [2.45, 2.75) is 26.1 Å². The Labute approximate surface area is 172 Å². The summed E-state index contributed by atoms with van der Waals surface area (Å²) in [5.74, 6) is 0.607. The molecule has 1 aromatic carbocycles. The fourth-order valence-electron chi connectivity index (χ4n) is 3.43. The average molecular weight is 420 g/mol. The number of carbonyl (C=O) groups excluding carboxylic acids is 1. The Morgan fingerprint density at radius 1 is 1.27 bits per heavy atom. The van der Waals surface area contributed by atoms with E-state index < -0.39 is 11.9 Å². The SMILES string of the molecule is CN/C=C(\C(=N)C(F)(F)F)c1ccc(Nc2nn(C)c3c2CN(C(C)=O)CC3)cc1. The summed E-state index contributed by atoms with van der Waals surface area (Å²) in [6.07, 6.45) is -2.88. The first-order chi connectivity index (χ1) is 14.1. The van der Waals surface area contributed by atoms with Crippen molar-refractivity contribution in [1.82, 2.24) is 20.0 Å². The van der Waals surface area contributed by atoms with Gasteiger partial charge >= 0.3 is 6.18 Å². The smallest absolute Gasteiger partial charge is 0.393 e. The van der Waals surface area contributed by atoms with Gasteiger partial charge in [-0.2, -0.15) is 18.3 Å². The molecule has 1 aromatic heterocycles. The summed E-state index contributed by atoms with van der Waals surface area (Å²) in [5, 5.41) is 17.7. The minimum atomic E-state index is -4.74. The zero-order valence-corrected chi connectivity index (χ0v) is 16.9. The van der Waals surface area contributed by atoms with E-state index in [2.05, 4.69) is 15.7 Å². The monoisotopic (exact) mass is 420 g/mol. The Bertz CT molecular complexity index is 991. The molecule has 0 spiro atoms. The summed E-state index contributed by atoms with van der Waals surface area (Å²) >= 11 is 0. The van der Waals surface area contributed by atoms with Crippen LogP contribution in [0.15, 0.2) is 30.5 Å². The second-order valence-corrected chi connectivity index (χ2v) is 7.01. The van der Waals surface area contributed by atoms with E-state index >= 15 is 0 Å². The van der Waals surface area contributed by atoms with Crippen LogP contribution in [-0.2, 0) is 24.8 Å². The van der Waals surface area contributed by atoms with E-state index in [1.54, 1.807) is 21.7 Å². The number of rotatable bonds is 5. The standard InChI is InChI=1S/C20H23F3N6O/c1-12(30)29-9-8-17-16(11-29)19(27-28(17)3)26-14-6-4-13(5-7-14)15(10-25-2)18(24)20(21,22)23/h4-7,10,24-25H,8-9,11H2,1-3H3,(H,26,27)/b15-10-,24-18?. The summed E-state index contributed by atoms with van der Waals surface area (Å²) in [6, 6.07) is 6.30. The highest BCUT2D eigenvalue weighted by molar-refractivity contribution is 6.24. The average Bonchev–Trinajstić information content (AvgIpc) is 3.00. The van der Waals surface area contributed by atoms with Gasteiger partial charge in [0.1, 0.15) is 5.71 Å². The predicted octanol–water partition coefficient (Wildman–Crippen LogP) is 3.21. The van der Waals surface area contributed by atoms with Crippen molar-refractivity contribution >= 4 is 28.7 Å². The molecule has 3 rings (SSSR count). The molecular formula is C20H23F3N6O. The van der Waals surface area contributed by atoms with E-state index in [1.165, 1.54) is 26.1 Å². The van der Waals surface area contributed by atoms with Gasteiger partial charge in [-0.3, -0.25) is 14.9 Å². The minimum Gasteiger partial charge on any atom is -0.393 e. The molecule has 0 bridgehead atoms. The number of amides is 1. The van der Waals surface area contributed by atoms with Crippen molar-refractivity contribution in [3.8, 4) is 0 Å². The van der Waals surface area contributed by atoms with Crippen LogP contribution in [0.3, 0.4) is 0 Å². The highest BCUT2D eigenvalue weighted by Crippen LogP contribution is 2.30. The maximum atomic E-state index is 13.0. The molecule has 1 aliphatic heterocycles. The Hall–Kier alpha value is -3.30. The number of alkyl halides is 3. The van der Waals surface area contributed by atoms with Crippen LogP contribution in [0, 0.1) is 5.41 Å². The first-order valence-corrected chi connectivity index (χ1v) is 9.33. The second-order valence-electron chi connectivity index (χ2n) is 7.01. The fourth-order valence-corrected chi connectivity index (χ4v) is 3.43. The van der Waals surface area contributed by atoms with Gasteiger partial charge in [-0.15, -0.1) is 0 Å². The van der Waals surface area contributed by atoms with Gasteiger partial charge in [-0.05, 0) is 17.7 Å². The molecule has 0 atom stereocenters. The number of allylic oxidation sites excluding steroid dienone is 1. The van der Waals surface area contributed by atoms with Crippen LogP contribution >= 0.6 is 0 Å². The van der Waals surface area contributed by atoms with Crippen LogP contribution < -0.4 is 10.6 Å². The maximum Gasteiger partial charge on any atom is 0.433 e. The van der Waals surface area contributed by atoms with Gasteiger partial charge in [-0.25, -0.2) is 0 Å². The molecule has 30 heavy (non-hydrogen) atoms. The first kappa shape index (κ1) is 21.4. The van der Waals surface area contributed by atoms with E-state index in [1.807, 2.05) is 7.05 Å². The van der Waals surface area contributed by atoms with Gasteiger partial charge in [0, 0.05) is 62.7 Å². The molecule has 0 saturated heterocycles. The highest BCUT2D eigenvalue weighted by Gasteiger charge is 2.37. The van der Waals surface area contributed by atoms with Crippen molar-refractivity contribution in [1.29, 1.82) is 5.41 Å². The largest absolute Gasteiger partial charge is 0.433 e. The van der Waals surface area contributed by atoms with Crippen LogP contribution in [0.25, 0.3) is 5.57 Å². The molecule has 2 aromatic rings. The number of aryl methyl sites for hydroxylation is 1. The van der Waals surface area contributed by atoms with Crippen LogP contribution in [-0.4, -0.2) is 46.1 Å². The lowest BCUT2D eigenvalue weighted by Crippen LogP contribution is -2.34. The van der Waals surface area contributed by atoms with E-state index in [-0.39, 0.29) is 17.0 Å². The lowest BCUT2D eigenvalue weighted by Gasteiger charge is -2.26. The number of hydrogen-bond donors (Lipinski definition) is 3. The molecule has 0 unspecified atom stereocenters. The van der Waals surface area contributed by atoms with Gasteiger partial charge in [0.25, 0.3) is 0 Å². The molecule has 0 radical (unpaired) electrons. The first-order valence-electron chi connectivity index (χ1n) is 9.33. The van der Waals surface area contributed by atoms with Crippen molar-refractivity contribution in [2.24, 2.45) is 7.05 Å². The third-order valence-corrected chi connectivity index (χ3v) is 4.99. The molecule has 0 aliphatic carbocycles. The Morgan fingerprint density at radius 2 is 1.93 bits per heavy atom. The number of anilines is 2. The van der Waals surface area contributed by atoms with Crippen molar-refractivity contribution in [2.75, 3.05) is 18.9 Å². The van der Waals surface area contributed by atoms with Crippen LogP contribution in [0.2, 0.25) is 0 Å².